The smallest absolute Gasteiger partial charge is 0.339 e. The molecule has 1 N–H and O–H groups in total. The molecule has 0 saturated heterocycles. The number of aryl methyl sites for hydroxylation is 1. The molecule has 6 atom stereocenters. The number of anilines is 1. The number of aromatic nitrogens is 1. The van der Waals surface area contributed by atoms with Gasteiger partial charge in [-0.2, -0.15) is 0 Å². The molecule has 8 rings (SSSR count). The minimum Gasteiger partial charge on any atom is -0.490 e. The lowest BCUT2D eigenvalue weighted by Crippen LogP contribution is -2.49. The third kappa shape index (κ3) is 7.45. The predicted molar refractivity (Wildman–Crippen MR) is 215 cm³/mol. The molecule has 14 heteroatoms. The highest BCUT2D eigenvalue weighted by Gasteiger charge is 2.44. The van der Waals surface area contributed by atoms with Gasteiger partial charge in [0.15, 0.2) is 0 Å². The zero-order chi connectivity index (χ0) is 39.2. The van der Waals surface area contributed by atoms with Gasteiger partial charge in [-0.1, -0.05) is 36.7 Å². The van der Waals surface area contributed by atoms with Crippen LogP contribution in [0.3, 0.4) is 0 Å². The second kappa shape index (κ2) is 15.5. The Morgan fingerprint density at radius 1 is 1.11 bits per heavy atom. The number of carbonyl (C=O) groups is 3. The van der Waals surface area contributed by atoms with E-state index in [1.807, 2.05) is 29.7 Å². The average Bonchev–Trinajstić information content (AvgIpc) is 3.53. The Balaban J connectivity index is 1.15. The molecule has 1 aromatic heterocycles. The van der Waals surface area contributed by atoms with Crippen molar-refractivity contribution >= 4 is 45.1 Å². The number of fused-ring (bicyclic) bond motifs is 5. The first-order chi connectivity index (χ1) is 27.0. The molecule has 1 saturated carbocycles. The summed E-state index contributed by atoms with van der Waals surface area (Å²) in [6.45, 7) is 4.74. The lowest BCUT2D eigenvalue weighted by atomic mass is 9.68. The lowest BCUT2D eigenvalue weighted by Gasteiger charge is -2.46. The Morgan fingerprint density at radius 3 is 2.75 bits per heavy atom. The molecule has 2 aliphatic carbocycles. The first kappa shape index (κ1) is 38.5. The minimum absolute atomic E-state index is 0.0394. The van der Waals surface area contributed by atoms with Crippen LogP contribution in [0.25, 0.3) is 0 Å². The summed E-state index contributed by atoms with van der Waals surface area (Å²) in [4.78, 5) is 44.3. The van der Waals surface area contributed by atoms with Crippen molar-refractivity contribution in [3.8, 4) is 5.75 Å². The van der Waals surface area contributed by atoms with Crippen molar-refractivity contribution < 1.29 is 32.8 Å². The number of urea groups is 1. The summed E-state index contributed by atoms with van der Waals surface area (Å²) in [6, 6.07) is 12.6. The largest absolute Gasteiger partial charge is 0.490 e. The van der Waals surface area contributed by atoms with Crippen molar-refractivity contribution in [1.29, 1.82) is 0 Å². The maximum atomic E-state index is 14.8. The van der Waals surface area contributed by atoms with Crippen molar-refractivity contribution in [3.63, 3.8) is 0 Å². The Morgan fingerprint density at radius 2 is 1.96 bits per heavy atom. The molecule has 298 valence electrons. The summed E-state index contributed by atoms with van der Waals surface area (Å²) in [5, 5.41) is 0.729. The highest BCUT2D eigenvalue weighted by molar-refractivity contribution is 7.92. The summed E-state index contributed by atoms with van der Waals surface area (Å²) < 4.78 is 41.4. The molecule has 5 aliphatic rings. The topological polar surface area (TPSA) is 132 Å². The molecular weight excluding hydrogens is 754 g/mol. The van der Waals surface area contributed by atoms with Crippen LogP contribution >= 0.6 is 11.6 Å². The van der Waals surface area contributed by atoms with Crippen LogP contribution in [0.15, 0.2) is 65.2 Å². The maximum absolute atomic E-state index is 14.8. The molecular formula is C42H50ClN5O7S. The van der Waals surface area contributed by atoms with E-state index in [-0.39, 0.29) is 35.3 Å². The number of carbonyl (C=O) groups excluding carboxylic acids is 3. The molecule has 12 nitrogen and oxygen atoms in total. The maximum Gasteiger partial charge on any atom is 0.339 e. The summed E-state index contributed by atoms with van der Waals surface area (Å²) in [5.74, 6) is -0.0384. The van der Waals surface area contributed by atoms with Crippen molar-refractivity contribution in [3.05, 3.63) is 93.8 Å². The Bertz CT molecular complexity index is 2200. The molecule has 0 unspecified atom stereocenters. The highest BCUT2D eigenvalue weighted by atomic mass is 35.5. The molecule has 2 aromatic carbocycles. The number of amides is 3. The van der Waals surface area contributed by atoms with E-state index >= 15 is 0 Å². The van der Waals surface area contributed by atoms with E-state index in [0.29, 0.717) is 61.5 Å². The number of ether oxygens (including phenoxy) is 3. The summed E-state index contributed by atoms with van der Waals surface area (Å²) in [5.41, 5.74) is 4.29. The van der Waals surface area contributed by atoms with E-state index in [2.05, 4.69) is 38.3 Å². The Labute approximate surface area is 333 Å². The number of nitrogens with zero attached hydrogens (tertiary/aromatic N) is 4. The monoisotopic (exact) mass is 803 g/mol. The van der Waals surface area contributed by atoms with Gasteiger partial charge in [0, 0.05) is 55.5 Å². The van der Waals surface area contributed by atoms with Gasteiger partial charge in [-0.25, -0.2) is 13.8 Å². The number of hydrogen-bond acceptors (Lipinski definition) is 8. The summed E-state index contributed by atoms with van der Waals surface area (Å²) in [7, 11) is -0.554. The van der Waals surface area contributed by atoms with Crippen LogP contribution in [0, 0.1) is 17.8 Å². The zero-order valence-corrected chi connectivity index (χ0v) is 33.8. The van der Waals surface area contributed by atoms with Crippen molar-refractivity contribution in [2.24, 2.45) is 22.1 Å². The van der Waals surface area contributed by atoms with Gasteiger partial charge in [-0.05, 0) is 104 Å². The van der Waals surface area contributed by atoms with Crippen LogP contribution in [0.4, 0.5) is 10.5 Å². The number of methoxy groups -OCH3 is 2. The van der Waals surface area contributed by atoms with Crippen LogP contribution in [0.5, 0.6) is 5.75 Å². The van der Waals surface area contributed by atoms with Gasteiger partial charge in [-0.3, -0.25) is 9.52 Å². The van der Waals surface area contributed by atoms with Gasteiger partial charge in [0.2, 0.25) is 0 Å². The van der Waals surface area contributed by atoms with E-state index in [1.165, 1.54) is 23.1 Å². The molecule has 0 radical (unpaired) electrons. The molecule has 1 fully saturated rings. The zero-order valence-electron chi connectivity index (χ0n) is 32.2. The Hall–Kier alpha value is -4.33. The van der Waals surface area contributed by atoms with E-state index in [9.17, 15) is 18.6 Å². The SMILES string of the molecule is COC(=O)c1ccn2c1CN(C(=O)N[S@@]1(=O)=NC(=O)c3ccc4c(c3)N(C[C@@H]3CC[C@H]3[C@@H](OC)/C=C/C[C@H](C)C1)C[C@@]1(CCCc3cc(Cl)ccc31)CO4)CC2. The first-order valence-electron chi connectivity index (χ1n) is 19.6. The number of halogens is 1. The van der Waals surface area contributed by atoms with Crippen molar-refractivity contribution in [2.75, 3.05) is 51.1 Å². The molecule has 4 heterocycles. The molecule has 3 aromatic rings. The van der Waals surface area contributed by atoms with Gasteiger partial charge in [0.25, 0.3) is 5.91 Å². The minimum atomic E-state index is -3.62. The van der Waals surface area contributed by atoms with Crippen molar-refractivity contribution in [1.82, 2.24) is 14.2 Å². The molecule has 3 amide bonds. The average molecular weight is 804 g/mol. The van der Waals surface area contributed by atoms with Crippen LogP contribution in [-0.4, -0.2) is 83.9 Å². The quantitative estimate of drug-likeness (QED) is 0.227. The Kier molecular flexibility index (Phi) is 10.7. The van der Waals surface area contributed by atoms with Crippen LogP contribution in [0.1, 0.15) is 76.6 Å². The van der Waals surface area contributed by atoms with Gasteiger partial charge >= 0.3 is 12.0 Å². The van der Waals surface area contributed by atoms with Crippen LogP contribution < -0.4 is 14.4 Å². The number of benzene rings is 2. The predicted octanol–water partition coefficient (Wildman–Crippen LogP) is 6.79. The fourth-order valence-electron chi connectivity index (χ4n) is 9.42. The van der Waals surface area contributed by atoms with E-state index in [1.54, 1.807) is 25.4 Å². The molecule has 3 aliphatic heterocycles. The van der Waals surface area contributed by atoms with Gasteiger partial charge in [0.05, 0.1) is 49.1 Å². The second-order valence-electron chi connectivity index (χ2n) is 16.2. The van der Waals surface area contributed by atoms with Crippen molar-refractivity contribution in [2.45, 2.75) is 70.1 Å². The van der Waals surface area contributed by atoms with E-state index < -0.39 is 27.8 Å². The summed E-state index contributed by atoms with van der Waals surface area (Å²) in [6.07, 6.45) is 11.5. The number of esters is 1. The number of allylic oxidation sites excluding steroid dienone is 1. The van der Waals surface area contributed by atoms with Gasteiger partial charge < -0.3 is 28.6 Å². The fraction of sp³-hybridized carbons (Fsp3) is 0.500. The van der Waals surface area contributed by atoms with Gasteiger partial charge in [0.1, 0.15) is 15.7 Å². The third-order valence-corrected chi connectivity index (χ3v) is 14.7. The number of nitrogens with one attached hydrogen (secondary N) is 1. The number of hydrogen-bond donors (Lipinski definition) is 1. The standard InChI is InChI=1S/C42H50ClN5O7S/c1-27-6-4-8-37(53-2)32-12-9-30(32)22-48-25-42(16-5-7-28-20-31(43)11-13-34(28)42)26-55-38-14-10-29(21-35(38)48)39(49)44-56(52,24-27)45-41(51)47-19-18-46-17-15-33(36(46)23-47)40(50)54-3/h4,8,10-11,13-15,17,20-21,27,30,32,37H,5-7,9,12,16,18-19,22-26H2,1-3H3,(H,44,45,49,51,52)/b8-4+/t27-,30-,32+,37-,42-,56-/m0/s1. The van der Waals surface area contributed by atoms with E-state index in [0.717, 1.165) is 49.4 Å². The number of rotatable bonds is 3. The highest BCUT2D eigenvalue weighted by Crippen LogP contribution is 2.47. The normalized spacial score (nSPS) is 29.3. The molecule has 2 bridgehead atoms. The van der Waals surface area contributed by atoms with Crippen LogP contribution in [-0.2, 0) is 44.3 Å². The summed E-state index contributed by atoms with van der Waals surface area (Å²) >= 11 is 6.47. The fourth-order valence-corrected chi connectivity index (χ4v) is 11.5. The van der Waals surface area contributed by atoms with Gasteiger partial charge in [-0.15, -0.1) is 4.36 Å². The lowest BCUT2D eigenvalue weighted by molar-refractivity contribution is 0.0131. The van der Waals surface area contributed by atoms with Crippen LogP contribution in [0.2, 0.25) is 5.02 Å². The first-order valence-corrected chi connectivity index (χ1v) is 21.7. The molecule has 56 heavy (non-hydrogen) atoms. The third-order valence-electron chi connectivity index (χ3n) is 12.5. The van der Waals surface area contributed by atoms with E-state index in [4.69, 9.17) is 25.8 Å². The second-order valence-corrected chi connectivity index (χ2v) is 18.6. The molecule has 1 spiro atoms.